The van der Waals surface area contributed by atoms with Crippen molar-refractivity contribution in [2.24, 2.45) is 11.8 Å². The minimum absolute atomic E-state index is 0.0534. The number of benzene rings is 2. The molecule has 43 heavy (non-hydrogen) atoms. The van der Waals surface area contributed by atoms with Gasteiger partial charge in [0.15, 0.2) is 0 Å². The van der Waals surface area contributed by atoms with Crippen LogP contribution in [0.5, 0.6) is 0 Å². The van der Waals surface area contributed by atoms with Crippen LogP contribution in [0.2, 0.25) is 0 Å². The second-order valence-electron chi connectivity index (χ2n) is 11.1. The molecule has 0 aromatic heterocycles. The highest BCUT2D eigenvalue weighted by atomic mass is 19.4. The van der Waals surface area contributed by atoms with Gasteiger partial charge in [-0.3, -0.25) is 14.4 Å². The van der Waals surface area contributed by atoms with Crippen LogP contribution < -0.4 is 0 Å². The number of hydrogen-bond donors (Lipinski definition) is 1. The van der Waals surface area contributed by atoms with Crippen LogP contribution >= 0.6 is 0 Å². The van der Waals surface area contributed by atoms with E-state index in [1.807, 2.05) is 12.1 Å². The second-order valence-corrected chi connectivity index (χ2v) is 11.1. The zero-order valence-corrected chi connectivity index (χ0v) is 23.5. The normalized spacial score (nSPS) is 20.2. The molecule has 2 fully saturated rings. The molecule has 2 saturated heterocycles. The van der Waals surface area contributed by atoms with Crippen molar-refractivity contribution in [3.63, 3.8) is 0 Å². The Kier molecular flexibility index (Phi) is 9.73. The van der Waals surface area contributed by atoms with Crippen LogP contribution in [0.15, 0.2) is 48.5 Å². The smallest absolute Gasteiger partial charge is 0.387 e. The molecule has 2 aromatic carbocycles. The van der Waals surface area contributed by atoms with Crippen LogP contribution in [0.1, 0.15) is 47.4 Å². The number of carbonyl (C=O) groups excluding carboxylic acids is 3. The van der Waals surface area contributed by atoms with Gasteiger partial charge < -0.3 is 19.8 Å². The lowest BCUT2D eigenvalue weighted by Gasteiger charge is -2.41. The molecule has 234 valence electrons. The molecule has 7 nitrogen and oxygen atoms in total. The highest BCUT2D eigenvalue weighted by Crippen LogP contribution is 2.38. The van der Waals surface area contributed by atoms with Crippen molar-refractivity contribution in [2.45, 2.75) is 44.1 Å². The summed E-state index contributed by atoms with van der Waals surface area (Å²) in [4.78, 5) is 43.3. The minimum Gasteiger partial charge on any atom is -0.387 e. The van der Waals surface area contributed by atoms with Crippen LogP contribution in [0.4, 0.5) is 26.3 Å². The lowest BCUT2D eigenvalue weighted by molar-refractivity contribution is -0.145. The van der Waals surface area contributed by atoms with Crippen LogP contribution in [0, 0.1) is 11.8 Å². The molecule has 2 aliphatic rings. The topological polar surface area (TPSA) is 81.2 Å². The Morgan fingerprint density at radius 3 is 1.95 bits per heavy atom. The van der Waals surface area contributed by atoms with E-state index in [0.29, 0.717) is 38.1 Å². The Bertz CT molecular complexity index is 1280. The summed E-state index contributed by atoms with van der Waals surface area (Å²) in [6.45, 7) is 0.114. The average molecular weight is 614 g/mol. The van der Waals surface area contributed by atoms with E-state index in [9.17, 15) is 40.7 Å². The van der Waals surface area contributed by atoms with Crippen molar-refractivity contribution in [3.8, 4) is 0 Å². The summed E-state index contributed by atoms with van der Waals surface area (Å²) in [5.74, 6) is -2.36. The summed E-state index contributed by atoms with van der Waals surface area (Å²) in [5, 5.41) is 9.10. The van der Waals surface area contributed by atoms with Crippen LogP contribution in [0.3, 0.4) is 0 Å². The molecule has 1 N–H and O–H groups in total. The monoisotopic (exact) mass is 613 g/mol. The molecule has 0 saturated carbocycles. The fourth-order valence-corrected chi connectivity index (χ4v) is 5.97. The van der Waals surface area contributed by atoms with Gasteiger partial charge >= 0.3 is 12.4 Å². The summed E-state index contributed by atoms with van der Waals surface area (Å²) in [5.41, 5.74) is -2.40. The molecule has 2 aromatic rings. The van der Waals surface area contributed by atoms with E-state index >= 15 is 0 Å². The lowest BCUT2D eigenvalue weighted by Crippen LogP contribution is -2.51. The van der Waals surface area contributed by atoms with Crippen molar-refractivity contribution >= 4 is 17.7 Å². The third-order valence-electron chi connectivity index (χ3n) is 8.24. The molecule has 2 aliphatic heterocycles. The Balaban J connectivity index is 1.51. The fourth-order valence-electron chi connectivity index (χ4n) is 5.97. The summed E-state index contributed by atoms with van der Waals surface area (Å²) in [6, 6.07) is 10.3. The number of piperidine rings is 2. The predicted molar refractivity (Wildman–Crippen MR) is 143 cm³/mol. The highest BCUT2D eigenvalue weighted by Gasteiger charge is 2.41. The largest absolute Gasteiger partial charge is 0.416 e. The van der Waals surface area contributed by atoms with Gasteiger partial charge in [0.05, 0.1) is 11.1 Å². The van der Waals surface area contributed by atoms with Crippen LogP contribution in [-0.4, -0.2) is 77.4 Å². The molecule has 2 atom stereocenters. The first-order chi connectivity index (χ1) is 20.2. The number of carbonyl (C=O) groups is 3. The number of hydrogen-bond acceptors (Lipinski definition) is 4. The van der Waals surface area contributed by atoms with E-state index in [1.165, 1.54) is 11.9 Å². The standard InChI is InChI=1S/C30H33F6N3O4/c1-37(16-19-13-22(29(31,32)33)15-23(14-19)30(34,35)36)28(43)24-9-12-39(17-25(24)20-5-3-2-4-6-20)27(42)21-7-10-38(11-8-21)26(41)18-40/h2-6,13-15,21,24-25,40H,7-12,16-18H2,1H3/t24-,25+/m1/s1. The van der Waals surface area contributed by atoms with E-state index < -0.39 is 60.3 Å². The Morgan fingerprint density at radius 2 is 1.42 bits per heavy atom. The molecular weight excluding hydrogens is 580 g/mol. The number of aliphatic hydroxyl groups is 1. The molecule has 4 rings (SSSR count). The number of alkyl halides is 6. The van der Waals surface area contributed by atoms with Gasteiger partial charge in [0.1, 0.15) is 6.61 Å². The fraction of sp³-hybridized carbons (Fsp3) is 0.500. The van der Waals surface area contributed by atoms with Crippen LogP contribution in [-0.2, 0) is 33.3 Å². The Hall–Kier alpha value is -3.61. The minimum atomic E-state index is -5.00. The third-order valence-corrected chi connectivity index (χ3v) is 8.24. The first kappa shape index (κ1) is 32.3. The predicted octanol–water partition coefficient (Wildman–Crippen LogP) is 4.55. The van der Waals surface area contributed by atoms with Crippen molar-refractivity contribution in [2.75, 3.05) is 39.8 Å². The molecule has 0 unspecified atom stereocenters. The molecule has 0 bridgehead atoms. The van der Waals surface area contributed by atoms with Crippen molar-refractivity contribution in [3.05, 3.63) is 70.8 Å². The maximum Gasteiger partial charge on any atom is 0.416 e. The summed E-state index contributed by atoms with van der Waals surface area (Å²) in [6.07, 6.45) is -8.85. The van der Waals surface area contributed by atoms with Gasteiger partial charge in [0, 0.05) is 57.5 Å². The molecule has 2 heterocycles. The van der Waals surface area contributed by atoms with E-state index in [-0.39, 0.29) is 43.0 Å². The van der Waals surface area contributed by atoms with Gasteiger partial charge in [-0.25, -0.2) is 0 Å². The zero-order valence-electron chi connectivity index (χ0n) is 23.5. The molecular formula is C30H33F6N3O4. The first-order valence-electron chi connectivity index (χ1n) is 13.9. The second kappa shape index (κ2) is 12.9. The van der Waals surface area contributed by atoms with E-state index in [2.05, 4.69) is 0 Å². The molecule has 0 aliphatic carbocycles. The highest BCUT2D eigenvalue weighted by molar-refractivity contribution is 5.83. The molecule has 13 heteroatoms. The lowest BCUT2D eigenvalue weighted by atomic mass is 9.79. The Morgan fingerprint density at radius 1 is 0.860 bits per heavy atom. The van der Waals surface area contributed by atoms with Gasteiger partial charge in [-0.05, 0) is 48.6 Å². The van der Waals surface area contributed by atoms with Crippen molar-refractivity contribution in [1.29, 1.82) is 0 Å². The maximum absolute atomic E-state index is 13.7. The Labute approximate surface area is 245 Å². The summed E-state index contributed by atoms with van der Waals surface area (Å²) >= 11 is 0. The van der Waals surface area contributed by atoms with Gasteiger partial charge in [-0.1, -0.05) is 30.3 Å². The first-order valence-corrected chi connectivity index (χ1v) is 13.9. The number of amides is 3. The maximum atomic E-state index is 13.7. The van der Waals surface area contributed by atoms with Gasteiger partial charge in [0.25, 0.3) is 0 Å². The summed E-state index contributed by atoms with van der Waals surface area (Å²) in [7, 11) is 1.34. The van der Waals surface area contributed by atoms with Crippen molar-refractivity contribution < 1.29 is 45.8 Å². The zero-order chi connectivity index (χ0) is 31.5. The van der Waals surface area contributed by atoms with Gasteiger partial charge in [-0.15, -0.1) is 0 Å². The molecule has 0 radical (unpaired) electrons. The average Bonchev–Trinajstić information content (AvgIpc) is 2.99. The van der Waals surface area contributed by atoms with Gasteiger partial charge in [0.2, 0.25) is 17.7 Å². The SMILES string of the molecule is CN(Cc1cc(C(F)(F)F)cc(C(F)(F)F)c1)C(=O)[C@@H]1CCN(C(=O)C2CCN(C(=O)CO)CC2)C[C@H]1c1ccccc1. The number of aliphatic hydroxyl groups excluding tert-OH is 1. The number of nitrogens with zero attached hydrogens (tertiary/aromatic N) is 3. The van der Waals surface area contributed by atoms with Crippen LogP contribution in [0.25, 0.3) is 0 Å². The third kappa shape index (κ3) is 7.67. The number of halogens is 6. The van der Waals surface area contributed by atoms with Crippen molar-refractivity contribution in [1.82, 2.24) is 14.7 Å². The van der Waals surface area contributed by atoms with E-state index in [1.54, 1.807) is 23.1 Å². The van der Waals surface area contributed by atoms with Gasteiger partial charge in [-0.2, -0.15) is 26.3 Å². The summed E-state index contributed by atoms with van der Waals surface area (Å²) < 4.78 is 80.2. The van der Waals surface area contributed by atoms with E-state index in [0.717, 1.165) is 10.5 Å². The molecule has 0 spiro atoms. The molecule has 3 amide bonds. The number of rotatable bonds is 6. The van der Waals surface area contributed by atoms with E-state index in [4.69, 9.17) is 5.11 Å². The quantitative estimate of drug-likeness (QED) is 0.486. The number of likely N-dealkylation sites (tertiary alicyclic amines) is 2.